The Bertz CT molecular complexity index is 2720. The van der Waals surface area contributed by atoms with Gasteiger partial charge in [-0.15, -0.1) is 0 Å². The quantitative estimate of drug-likeness (QED) is 0.0225. The summed E-state index contributed by atoms with van der Waals surface area (Å²) in [6, 6.07) is 36.8. The number of H-pyrrole nitrogens is 2. The van der Waals surface area contributed by atoms with Crippen molar-refractivity contribution in [3.8, 4) is 0 Å². The third kappa shape index (κ3) is 14.4. The lowest BCUT2D eigenvalue weighted by Gasteiger charge is -2.31. The molecule has 2 N–H and O–H groups in total. The van der Waals surface area contributed by atoms with Crippen molar-refractivity contribution in [2.75, 3.05) is 26.4 Å². The van der Waals surface area contributed by atoms with Crippen LogP contribution in [-0.4, -0.2) is 36.4 Å². The van der Waals surface area contributed by atoms with Crippen LogP contribution in [0.4, 0.5) is 22.7 Å². The highest BCUT2D eigenvalue weighted by Gasteiger charge is 2.41. The highest BCUT2D eigenvalue weighted by Crippen LogP contribution is 2.39. The van der Waals surface area contributed by atoms with E-state index >= 15 is 0 Å². The van der Waals surface area contributed by atoms with Crippen LogP contribution in [0.3, 0.4) is 0 Å². The van der Waals surface area contributed by atoms with Gasteiger partial charge in [0.1, 0.15) is 26.4 Å². The Morgan fingerprint density at radius 2 is 0.592 bits per heavy atom. The van der Waals surface area contributed by atoms with E-state index in [1.165, 1.54) is 0 Å². The second-order valence-electron chi connectivity index (χ2n) is 20.4. The third-order valence-electron chi connectivity index (χ3n) is 14.7. The van der Waals surface area contributed by atoms with Crippen molar-refractivity contribution in [3.05, 3.63) is 173 Å². The van der Waals surface area contributed by atoms with Crippen LogP contribution in [0, 0.1) is 0 Å². The van der Waals surface area contributed by atoms with Gasteiger partial charge in [-0.2, -0.15) is 19.4 Å². The van der Waals surface area contributed by atoms with E-state index in [-0.39, 0.29) is 31.2 Å². The Morgan fingerprint density at radius 3 is 0.868 bits per heavy atom. The number of quaternary nitrogens is 2. The summed E-state index contributed by atoms with van der Waals surface area (Å²) in [5.74, 6) is 0. The van der Waals surface area contributed by atoms with Gasteiger partial charge in [-0.3, -0.25) is 29.1 Å². The Kier molecular flexibility index (Phi) is 22.5. The maximum absolute atomic E-state index is 13.7. The van der Waals surface area contributed by atoms with Crippen LogP contribution >= 0.6 is 0 Å². The number of fused-ring (bicyclic) bond motifs is 2. The first-order chi connectivity index (χ1) is 37.2. The Hall–Kier alpha value is -5.86. The van der Waals surface area contributed by atoms with Crippen molar-refractivity contribution >= 4 is 44.3 Å². The molecule has 2 aromatic heterocycles. The second-order valence-corrected chi connectivity index (χ2v) is 20.4. The Labute approximate surface area is 449 Å². The van der Waals surface area contributed by atoms with Gasteiger partial charge in [0.2, 0.25) is 22.7 Å². The van der Waals surface area contributed by atoms with Crippen molar-refractivity contribution in [2.45, 2.75) is 169 Å². The maximum Gasteiger partial charge on any atom is 0.259 e. The van der Waals surface area contributed by atoms with Crippen LogP contribution in [0.2, 0.25) is 0 Å². The molecule has 0 aliphatic heterocycles. The lowest BCUT2D eigenvalue weighted by molar-refractivity contribution is -0.316. The van der Waals surface area contributed by atoms with Gasteiger partial charge in [0.05, 0.1) is 21.5 Å². The number of para-hydroxylation sites is 2. The first kappa shape index (κ1) is 57.8. The van der Waals surface area contributed by atoms with Crippen molar-refractivity contribution in [3.63, 3.8) is 0 Å². The van der Waals surface area contributed by atoms with Crippen LogP contribution in [0.25, 0.3) is 21.5 Å². The average molecular weight is 1040 g/mol. The SMILES string of the molecule is CCCCCCO[N+](OCCCCCC)(c1ccccc1)c1ccc(CCCc2c3c(=O)[nH]c(=O)c3c(CCCc3ccc([N+](OCCCCCC)(OCCCCCC)c4ccccc4)cc3)c3c(=O)[nH]c(=O)c23)cc1. The largest absolute Gasteiger partial charge is 0.288 e. The molecule has 0 fully saturated rings. The van der Waals surface area contributed by atoms with Gasteiger partial charge >= 0.3 is 0 Å². The number of aromatic nitrogens is 2. The van der Waals surface area contributed by atoms with E-state index in [0.29, 0.717) is 76.1 Å². The van der Waals surface area contributed by atoms with Crippen LogP contribution in [0.1, 0.15) is 166 Å². The number of aromatic amines is 2. The van der Waals surface area contributed by atoms with E-state index in [9.17, 15) is 19.2 Å². The van der Waals surface area contributed by atoms with E-state index in [2.05, 4.69) is 86.2 Å². The van der Waals surface area contributed by atoms with Crippen molar-refractivity contribution < 1.29 is 19.4 Å². The Balaban J connectivity index is 1.10. The summed E-state index contributed by atoms with van der Waals surface area (Å²) in [7, 11) is 0. The lowest BCUT2D eigenvalue weighted by Crippen LogP contribution is -2.44. The molecule has 0 unspecified atom stereocenters. The number of nitrogens with zero attached hydrogens (tertiary/aromatic N) is 2. The molecule has 5 aromatic carbocycles. The Morgan fingerprint density at radius 1 is 0.316 bits per heavy atom. The molecular weight excluding hydrogens is 953 g/mol. The van der Waals surface area contributed by atoms with Gasteiger partial charge < -0.3 is 0 Å². The lowest BCUT2D eigenvalue weighted by atomic mass is 9.90. The number of nitrogens with one attached hydrogen (secondary N) is 2. The van der Waals surface area contributed by atoms with Crippen molar-refractivity contribution in [1.29, 1.82) is 0 Å². The van der Waals surface area contributed by atoms with Crippen molar-refractivity contribution in [2.24, 2.45) is 0 Å². The summed E-state index contributed by atoms with van der Waals surface area (Å²) in [6.07, 6.45) is 20.2. The molecule has 0 spiro atoms. The maximum atomic E-state index is 13.7. The van der Waals surface area contributed by atoms with Crippen LogP contribution < -0.4 is 31.9 Å². The predicted molar refractivity (Wildman–Crippen MR) is 311 cm³/mol. The fourth-order valence-electron chi connectivity index (χ4n) is 10.6. The number of rotatable bonds is 36. The highest BCUT2D eigenvalue weighted by atomic mass is 17.0. The van der Waals surface area contributed by atoms with E-state index < -0.39 is 22.2 Å². The molecule has 0 radical (unpaired) electrons. The predicted octanol–water partition coefficient (Wildman–Crippen LogP) is 14.6. The van der Waals surface area contributed by atoms with Gasteiger partial charge in [-0.05, 0) is 86.5 Å². The molecule has 12 heteroatoms. The van der Waals surface area contributed by atoms with Crippen LogP contribution in [0.15, 0.2) is 128 Å². The molecule has 76 heavy (non-hydrogen) atoms. The van der Waals surface area contributed by atoms with Crippen molar-refractivity contribution in [1.82, 2.24) is 19.6 Å². The zero-order chi connectivity index (χ0) is 53.6. The summed E-state index contributed by atoms with van der Waals surface area (Å²) in [5, 5.41) is 0.833. The number of unbranched alkanes of at least 4 members (excludes halogenated alkanes) is 12. The third-order valence-corrected chi connectivity index (χ3v) is 14.7. The fraction of sp³-hybridized carbons (Fsp3) is 0.469. The standard InChI is InChI=1S/C64H82N4O8/c1-5-9-13-23-45-73-67(51-31-19-17-20-32-51,74-46-24-14-10-6-2)53-41-37-49(38-42-53)29-27-35-55-57-59(63(71)65-61(57)69)56(60-58(55)62(70)66-64(60)72)36-28-30-50-39-43-54(44-40-50)68(52-33-21-18-22-34-52,75-47-25-15-11-7-3)76-48-26-16-12-8-4/h17-22,31-34,37-44H,5-16,23-30,35-36,45-48H2,1-4H3/p+2. The molecule has 7 aromatic rings. The second kappa shape index (κ2) is 29.6. The molecule has 0 atom stereocenters. The van der Waals surface area contributed by atoms with Gasteiger partial charge in [0.25, 0.3) is 22.2 Å². The summed E-state index contributed by atoms with van der Waals surface area (Å²) in [4.78, 5) is 86.5. The van der Waals surface area contributed by atoms with Gasteiger partial charge in [0, 0.05) is 58.2 Å². The zero-order valence-electron chi connectivity index (χ0n) is 45.9. The molecule has 0 aliphatic carbocycles. The monoisotopic (exact) mass is 1040 g/mol. The zero-order valence-corrected chi connectivity index (χ0v) is 45.9. The normalized spacial score (nSPS) is 12.2. The highest BCUT2D eigenvalue weighted by molar-refractivity contribution is 6.05. The minimum Gasteiger partial charge on any atom is -0.288 e. The summed E-state index contributed by atoms with van der Waals surface area (Å²) in [5.41, 5.74) is 4.34. The van der Waals surface area contributed by atoms with E-state index in [1.54, 1.807) is 0 Å². The topological polar surface area (TPSA) is 137 Å². The number of hydrogen-bond acceptors (Lipinski definition) is 8. The minimum atomic E-state index is -0.536. The minimum absolute atomic E-state index is 0.166. The van der Waals surface area contributed by atoms with E-state index in [1.807, 2.05) is 60.7 Å². The summed E-state index contributed by atoms with van der Waals surface area (Å²) < 4.78 is 0. The first-order valence-electron chi connectivity index (χ1n) is 28.8. The first-order valence-corrected chi connectivity index (χ1v) is 28.8. The molecule has 0 aliphatic rings. The molecule has 0 amide bonds. The van der Waals surface area contributed by atoms with E-state index in [4.69, 9.17) is 19.4 Å². The smallest absolute Gasteiger partial charge is 0.259 e. The average Bonchev–Trinajstić information content (AvgIpc) is 3.97. The van der Waals surface area contributed by atoms with Gasteiger partial charge in [-0.1, -0.05) is 165 Å². The molecule has 0 bridgehead atoms. The molecule has 0 saturated carbocycles. The van der Waals surface area contributed by atoms with Gasteiger partial charge in [0.15, 0.2) is 0 Å². The molecule has 0 saturated heterocycles. The fourth-order valence-corrected chi connectivity index (χ4v) is 10.6. The molecule has 406 valence electrons. The molecule has 2 heterocycles. The van der Waals surface area contributed by atoms with Gasteiger partial charge in [-0.25, -0.2) is 0 Å². The number of benzene rings is 5. The number of aryl methyl sites for hydroxylation is 4. The molecule has 12 nitrogen and oxygen atoms in total. The molecule has 7 rings (SSSR count). The molecular formula is C64H84N4O8+2. The van der Waals surface area contributed by atoms with Crippen LogP contribution in [0.5, 0.6) is 0 Å². The van der Waals surface area contributed by atoms with Crippen LogP contribution in [-0.2, 0) is 45.0 Å². The summed E-state index contributed by atoms with van der Waals surface area (Å²) in [6.45, 7) is 11.0. The summed E-state index contributed by atoms with van der Waals surface area (Å²) >= 11 is 0. The number of hydrogen-bond donors (Lipinski definition) is 2. The van der Waals surface area contributed by atoms with E-state index in [0.717, 1.165) is 137 Å².